The summed E-state index contributed by atoms with van der Waals surface area (Å²) in [7, 11) is 0. The van der Waals surface area contributed by atoms with Crippen molar-refractivity contribution in [2.45, 2.75) is 0 Å². The maximum absolute atomic E-state index is 13.4. The zero-order valence-corrected chi connectivity index (χ0v) is 11.1. The number of hydrogen-bond donors (Lipinski definition) is 1. The first-order chi connectivity index (χ1) is 9.40. The molecule has 1 aromatic carbocycles. The van der Waals surface area contributed by atoms with Gasteiger partial charge in [-0.05, 0) is 28.1 Å². The molecule has 0 radical (unpaired) electrons. The molecule has 2 rings (SSSR count). The Bertz CT molecular complexity index is 667. The molecule has 0 unspecified atom stereocenters. The summed E-state index contributed by atoms with van der Waals surface area (Å²) in [4.78, 5) is 15.5. The largest absolute Gasteiger partial charge is 0.316 e. The van der Waals surface area contributed by atoms with Gasteiger partial charge in [-0.3, -0.25) is 4.79 Å². The van der Waals surface area contributed by atoms with Crippen LogP contribution in [-0.2, 0) is 0 Å². The third-order valence-electron chi connectivity index (χ3n) is 2.30. The molecule has 0 saturated heterocycles. The number of halogens is 5. The molecule has 0 aliphatic rings. The van der Waals surface area contributed by atoms with Crippen LogP contribution in [0.3, 0.4) is 0 Å². The Kier molecular flexibility index (Phi) is 4.03. The highest BCUT2D eigenvalue weighted by atomic mass is 79.9. The van der Waals surface area contributed by atoms with Gasteiger partial charge in [-0.25, -0.2) is 22.5 Å². The molecule has 8 heteroatoms. The van der Waals surface area contributed by atoms with Gasteiger partial charge in [-0.1, -0.05) is 6.07 Å². The molecule has 1 N–H and O–H groups in total. The molecule has 1 amide bonds. The molecule has 1 aromatic heterocycles. The smallest absolute Gasteiger partial charge is 0.274 e. The van der Waals surface area contributed by atoms with E-state index in [1.165, 1.54) is 18.2 Å². The maximum Gasteiger partial charge on any atom is 0.274 e. The molecule has 0 atom stereocenters. The van der Waals surface area contributed by atoms with E-state index in [2.05, 4.69) is 20.9 Å². The molecule has 0 bridgehead atoms. The molecule has 0 aliphatic carbocycles. The first-order valence-corrected chi connectivity index (χ1v) is 5.96. The second-order valence-corrected chi connectivity index (χ2v) is 4.46. The van der Waals surface area contributed by atoms with Crippen molar-refractivity contribution in [3.63, 3.8) is 0 Å². The Labute approximate surface area is 118 Å². The van der Waals surface area contributed by atoms with Crippen LogP contribution in [0.15, 0.2) is 28.9 Å². The van der Waals surface area contributed by atoms with Gasteiger partial charge in [0.15, 0.2) is 23.3 Å². The van der Waals surface area contributed by atoms with Crippen molar-refractivity contribution in [1.82, 2.24) is 4.98 Å². The minimum Gasteiger partial charge on any atom is -0.316 e. The number of pyridine rings is 1. The number of carbonyl (C=O) groups excluding carboxylic acids is 1. The number of nitrogens with one attached hydrogen (secondary N) is 1. The van der Waals surface area contributed by atoms with Crippen LogP contribution < -0.4 is 5.32 Å². The summed E-state index contributed by atoms with van der Waals surface area (Å²) in [6.07, 6.45) is 0. The van der Waals surface area contributed by atoms with E-state index in [1.807, 2.05) is 0 Å². The predicted octanol–water partition coefficient (Wildman–Crippen LogP) is 3.65. The summed E-state index contributed by atoms with van der Waals surface area (Å²) in [5, 5.41) is 1.75. The fourth-order valence-electron chi connectivity index (χ4n) is 1.40. The Hall–Kier alpha value is -1.96. The van der Waals surface area contributed by atoms with Crippen LogP contribution >= 0.6 is 15.9 Å². The number of amides is 1. The van der Waals surface area contributed by atoms with E-state index < -0.39 is 34.9 Å². The predicted molar refractivity (Wildman–Crippen MR) is 66.2 cm³/mol. The van der Waals surface area contributed by atoms with E-state index in [1.54, 1.807) is 5.32 Å². The Morgan fingerprint density at radius 1 is 1.10 bits per heavy atom. The minimum atomic E-state index is -1.69. The van der Waals surface area contributed by atoms with Crippen molar-refractivity contribution in [2.24, 2.45) is 0 Å². The summed E-state index contributed by atoms with van der Waals surface area (Å²) < 4.78 is 53.0. The lowest BCUT2D eigenvalue weighted by atomic mass is 10.2. The topological polar surface area (TPSA) is 42.0 Å². The lowest BCUT2D eigenvalue weighted by Gasteiger charge is -2.08. The average molecular weight is 349 g/mol. The monoisotopic (exact) mass is 348 g/mol. The van der Waals surface area contributed by atoms with Crippen molar-refractivity contribution in [1.29, 1.82) is 0 Å². The lowest BCUT2D eigenvalue weighted by Crippen LogP contribution is -2.17. The van der Waals surface area contributed by atoms with Crippen molar-refractivity contribution in [3.8, 4) is 0 Å². The molecule has 20 heavy (non-hydrogen) atoms. The first-order valence-electron chi connectivity index (χ1n) is 5.17. The van der Waals surface area contributed by atoms with Crippen LogP contribution in [0.25, 0.3) is 0 Å². The fourth-order valence-corrected chi connectivity index (χ4v) is 1.74. The molecule has 104 valence electrons. The zero-order valence-electron chi connectivity index (χ0n) is 9.55. The molecule has 0 fully saturated rings. The van der Waals surface area contributed by atoms with Crippen molar-refractivity contribution >= 4 is 27.5 Å². The van der Waals surface area contributed by atoms with E-state index in [-0.39, 0.29) is 11.8 Å². The first kappa shape index (κ1) is 14.4. The van der Waals surface area contributed by atoms with Gasteiger partial charge in [0, 0.05) is 6.07 Å². The van der Waals surface area contributed by atoms with Crippen LogP contribution in [-0.4, -0.2) is 10.9 Å². The highest BCUT2D eigenvalue weighted by molar-refractivity contribution is 9.10. The standard InChI is InChI=1S/C12H5BrF4N2O/c13-8-3-1-2-7(18-8)12(20)19-11-9(16)5(14)4-6(15)10(11)17/h1-4H,(H,19,20). The molecule has 0 saturated carbocycles. The molecular formula is C12H5BrF4N2O. The second kappa shape index (κ2) is 5.58. The highest BCUT2D eigenvalue weighted by Gasteiger charge is 2.21. The normalized spacial score (nSPS) is 10.4. The van der Waals surface area contributed by atoms with Gasteiger partial charge in [0.1, 0.15) is 16.0 Å². The van der Waals surface area contributed by atoms with Crippen molar-refractivity contribution < 1.29 is 22.4 Å². The SMILES string of the molecule is O=C(Nc1c(F)c(F)cc(F)c1F)c1cccc(Br)n1. The van der Waals surface area contributed by atoms with Gasteiger partial charge in [0.2, 0.25) is 0 Å². The highest BCUT2D eigenvalue weighted by Crippen LogP contribution is 2.24. The van der Waals surface area contributed by atoms with Gasteiger partial charge in [-0.2, -0.15) is 0 Å². The summed E-state index contributed by atoms with van der Waals surface area (Å²) in [6.45, 7) is 0. The number of carbonyl (C=O) groups is 1. The second-order valence-electron chi connectivity index (χ2n) is 3.64. The summed E-state index contributed by atoms with van der Waals surface area (Å²) in [5.74, 6) is -7.60. The van der Waals surface area contributed by atoms with Crippen LogP contribution in [0.2, 0.25) is 0 Å². The van der Waals surface area contributed by atoms with E-state index in [0.717, 1.165) is 0 Å². The van der Waals surface area contributed by atoms with E-state index in [9.17, 15) is 22.4 Å². The lowest BCUT2D eigenvalue weighted by molar-refractivity contribution is 0.102. The van der Waals surface area contributed by atoms with Crippen LogP contribution in [0, 0.1) is 23.3 Å². The molecule has 2 aromatic rings. The van der Waals surface area contributed by atoms with Crippen LogP contribution in [0.4, 0.5) is 23.2 Å². The number of rotatable bonds is 2. The summed E-state index contributed by atoms with van der Waals surface area (Å²) >= 11 is 3.01. The third kappa shape index (κ3) is 2.79. The number of benzene rings is 1. The number of nitrogens with zero attached hydrogens (tertiary/aromatic N) is 1. The maximum atomic E-state index is 13.4. The number of aromatic nitrogens is 1. The zero-order chi connectivity index (χ0) is 14.9. The average Bonchev–Trinajstić information content (AvgIpc) is 2.41. The summed E-state index contributed by atoms with van der Waals surface area (Å²) in [5.41, 5.74) is -1.38. The molecule has 0 spiro atoms. The van der Waals surface area contributed by atoms with Gasteiger partial charge in [0.25, 0.3) is 5.91 Å². The molecule has 0 aliphatic heterocycles. The van der Waals surface area contributed by atoms with Gasteiger partial charge in [-0.15, -0.1) is 0 Å². The molecule has 3 nitrogen and oxygen atoms in total. The Morgan fingerprint density at radius 3 is 2.25 bits per heavy atom. The van der Waals surface area contributed by atoms with Gasteiger partial charge >= 0.3 is 0 Å². The molecular weight excluding hydrogens is 344 g/mol. The van der Waals surface area contributed by atoms with Crippen molar-refractivity contribution in [2.75, 3.05) is 5.32 Å². The van der Waals surface area contributed by atoms with E-state index in [4.69, 9.17) is 0 Å². The minimum absolute atomic E-state index is 0.0533. The number of hydrogen-bond acceptors (Lipinski definition) is 2. The van der Waals surface area contributed by atoms with Crippen LogP contribution in [0.5, 0.6) is 0 Å². The van der Waals surface area contributed by atoms with E-state index in [0.29, 0.717) is 4.60 Å². The Balaban J connectivity index is 2.38. The fraction of sp³-hybridized carbons (Fsp3) is 0. The van der Waals surface area contributed by atoms with Crippen LogP contribution in [0.1, 0.15) is 10.5 Å². The summed E-state index contributed by atoms with van der Waals surface area (Å²) in [6, 6.07) is 4.31. The Morgan fingerprint density at radius 2 is 1.70 bits per heavy atom. The third-order valence-corrected chi connectivity index (χ3v) is 2.74. The van der Waals surface area contributed by atoms with Gasteiger partial charge < -0.3 is 5.32 Å². The number of anilines is 1. The van der Waals surface area contributed by atoms with Gasteiger partial charge in [0.05, 0.1) is 0 Å². The van der Waals surface area contributed by atoms with Crippen molar-refractivity contribution in [3.05, 3.63) is 57.8 Å². The van der Waals surface area contributed by atoms with E-state index >= 15 is 0 Å². The quantitative estimate of drug-likeness (QED) is 0.511. The molecule has 1 heterocycles.